The van der Waals surface area contributed by atoms with Crippen LogP contribution in [0.1, 0.15) is 49.2 Å². The first-order chi connectivity index (χ1) is 10.4. The molecule has 0 aliphatic heterocycles. The van der Waals surface area contributed by atoms with Gasteiger partial charge in [0.05, 0.1) is 17.8 Å². The van der Waals surface area contributed by atoms with E-state index < -0.39 is 22.9 Å². The molecule has 0 saturated carbocycles. The van der Waals surface area contributed by atoms with Gasteiger partial charge < -0.3 is 19.6 Å². The van der Waals surface area contributed by atoms with Gasteiger partial charge in [-0.15, -0.1) is 0 Å². The fourth-order valence-corrected chi connectivity index (χ4v) is 2.98. The van der Waals surface area contributed by atoms with E-state index in [9.17, 15) is 19.5 Å². The van der Waals surface area contributed by atoms with Crippen LogP contribution in [0.2, 0.25) is 0 Å². The van der Waals surface area contributed by atoms with Crippen LogP contribution in [0.15, 0.2) is 9.82 Å². The molecule has 0 aromatic carbocycles. The van der Waals surface area contributed by atoms with Gasteiger partial charge in [-0.1, -0.05) is 31.5 Å². The molecule has 7 nitrogen and oxygen atoms in total. The third-order valence-electron chi connectivity index (χ3n) is 2.90. The first-order valence-corrected chi connectivity index (χ1v) is 7.94. The Morgan fingerprint density at radius 3 is 2.64 bits per heavy atom. The third kappa shape index (κ3) is 4.87. The highest BCUT2D eigenvalue weighted by Crippen LogP contribution is 2.28. The van der Waals surface area contributed by atoms with Gasteiger partial charge in [0.2, 0.25) is 0 Å². The number of carboxylic acids is 1. The zero-order chi connectivity index (χ0) is 16.7. The van der Waals surface area contributed by atoms with Gasteiger partial charge >= 0.3 is 11.7 Å². The van der Waals surface area contributed by atoms with Crippen LogP contribution in [0.3, 0.4) is 0 Å². The standard InChI is InChI=1S/C14H20N2O5S/c1-4-6-7-9(12(17)18)22-11-10(13(19)21-5-2)8(3)15-14(20)16-11/h9H,4-7H2,1-3H3,(H,17,18)(H,15,16,20)/p-1/t9-/m1/s1. The SMILES string of the molecule is CCCC[C@@H](Sc1nc(=O)[nH]c(C)c1C(=O)OCC)C(=O)[O-]. The summed E-state index contributed by atoms with van der Waals surface area (Å²) in [6.07, 6.45) is 1.90. The lowest BCUT2D eigenvalue weighted by Gasteiger charge is -2.18. The molecule has 0 radical (unpaired) electrons. The number of rotatable bonds is 8. The maximum absolute atomic E-state index is 12.0. The van der Waals surface area contributed by atoms with Gasteiger partial charge in [-0.3, -0.25) is 0 Å². The van der Waals surface area contributed by atoms with Gasteiger partial charge in [-0.2, -0.15) is 4.98 Å². The number of aromatic nitrogens is 2. The number of nitrogens with zero attached hydrogens (tertiary/aromatic N) is 1. The van der Waals surface area contributed by atoms with Crippen molar-refractivity contribution in [3.8, 4) is 0 Å². The van der Waals surface area contributed by atoms with E-state index in [-0.39, 0.29) is 17.2 Å². The summed E-state index contributed by atoms with van der Waals surface area (Å²) in [6.45, 7) is 5.31. The van der Waals surface area contributed by atoms with Crippen molar-refractivity contribution in [3.63, 3.8) is 0 Å². The van der Waals surface area contributed by atoms with E-state index in [4.69, 9.17) is 4.74 Å². The summed E-state index contributed by atoms with van der Waals surface area (Å²) >= 11 is 0.852. The molecule has 0 spiro atoms. The lowest BCUT2D eigenvalue weighted by molar-refractivity contribution is -0.304. The lowest BCUT2D eigenvalue weighted by atomic mass is 10.2. The van der Waals surface area contributed by atoms with Crippen LogP contribution in [0.25, 0.3) is 0 Å². The molecule has 22 heavy (non-hydrogen) atoms. The lowest BCUT2D eigenvalue weighted by Crippen LogP contribution is -2.34. The summed E-state index contributed by atoms with van der Waals surface area (Å²) in [4.78, 5) is 40.9. The highest BCUT2D eigenvalue weighted by Gasteiger charge is 2.22. The van der Waals surface area contributed by atoms with Crippen molar-refractivity contribution in [2.45, 2.75) is 50.3 Å². The zero-order valence-corrected chi connectivity index (χ0v) is 13.6. The molecule has 1 heterocycles. The number of nitrogens with one attached hydrogen (secondary N) is 1. The van der Waals surface area contributed by atoms with E-state index in [1.54, 1.807) is 13.8 Å². The molecule has 8 heteroatoms. The number of unbranched alkanes of at least 4 members (excludes halogenated alkanes) is 1. The molecule has 1 aromatic heterocycles. The second kappa shape index (κ2) is 8.57. The fourth-order valence-electron chi connectivity index (χ4n) is 1.84. The summed E-state index contributed by atoms with van der Waals surface area (Å²) in [6, 6.07) is 0. The highest BCUT2D eigenvalue weighted by molar-refractivity contribution is 8.00. The van der Waals surface area contributed by atoms with E-state index >= 15 is 0 Å². The molecule has 0 fully saturated rings. The van der Waals surface area contributed by atoms with Crippen LogP contribution < -0.4 is 10.8 Å². The number of esters is 1. The average molecular weight is 327 g/mol. The van der Waals surface area contributed by atoms with Crippen molar-refractivity contribution in [3.05, 3.63) is 21.7 Å². The Balaban J connectivity index is 3.18. The molecule has 0 aliphatic rings. The number of H-pyrrole nitrogens is 1. The van der Waals surface area contributed by atoms with Gasteiger partial charge in [0.1, 0.15) is 10.6 Å². The van der Waals surface area contributed by atoms with Gasteiger partial charge in [0, 0.05) is 5.69 Å². The van der Waals surface area contributed by atoms with Crippen LogP contribution in [-0.4, -0.2) is 33.8 Å². The predicted octanol–water partition coefficient (Wildman–Crippen LogP) is 0.656. The van der Waals surface area contributed by atoms with Crippen molar-refractivity contribution in [1.29, 1.82) is 0 Å². The predicted molar refractivity (Wildman–Crippen MR) is 79.7 cm³/mol. The molecule has 0 bridgehead atoms. The van der Waals surface area contributed by atoms with E-state index in [1.165, 1.54) is 0 Å². The molecule has 1 aromatic rings. The molecule has 1 rings (SSSR count). The molecule has 0 saturated heterocycles. The van der Waals surface area contributed by atoms with Gasteiger partial charge in [0.15, 0.2) is 0 Å². The molecule has 122 valence electrons. The number of aryl methyl sites for hydroxylation is 1. The first-order valence-electron chi connectivity index (χ1n) is 7.06. The number of aromatic amines is 1. The number of aliphatic carboxylic acids is 1. The van der Waals surface area contributed by atoms with Crippen LogP contribution in [-0.2, 0) is 9.53 Å². The largest absolute Gasteiger partial charge is 0.549 e. The maximum atomic E-state index is 12.0. The van der Waals surface area contributed by atoms with Crippen LogP contribution in [0, 0.1) is 6.92 Å². The molecule has 0 amide bonds. The highest BCUT2D eigenvalue weighted by atomic mass is 32.2. The fraction of sp³-hybridized carbons (Fsp3) is 0.571. The van der Waals surface area contributed by atoms with Gasteiger partial charge in [-0.05, 0) is 20.3 Å². The second-order valence-electron chi connectivity index (χ2n) is 4.64. The molecular formula is C14H19N2O5S-. The molecule has 0 unspecified atom stereocenters. The Morgan fingerprint density at radius 1 is 1.41 bits per heavy atom. The number of ether oxygens (including phenoxy) is 1. The Kier molecular flexibility index (Phi) is 7.10. The molecular weight excluding hydrogens is 308 g/mol. The first kappa shape index (κ1) is 18.2. The van der Waals surface area contributed by atoms with Gasteiger partial charge in [0.25, 0.3) is 0 Å². The van der Waals surface area contributed by atoms with E-state index in [1.807, 2.05) is 6.92 Å². The van der Waals surface area contributed by atoms with Crippen molar-refractivity contribution < 1.29 is 19.4 Å². The smallest absolute Gasteiger partial charge is 0.346 e. The Labute approximate surface area is 132 Å². The van der Waals surface area contributed by atoms with E-state index in [0.29, 0.717) is 18.5 Å². The van der Waals surface area contributed by atoms with Crippen LogP contribution in [0.4, 0.5) is 0 Å². The van der Waals surface area contributed by atoms with E-state index in [2.05, 4.69) is 9.97 Å². The quantitative estimate of drug-likeness (QED) is 0.424. The number of carboxylic acid groups (broad SMARTS) is 1. The molecule has 0 aliphatic carbocycles. The van der Waals surface area contributed by atoms with Crippen molar-refractivity contribution in [1.82, 2.24) is 9.97 Å². The van der Waals surface area contributed by atoms with Crippen molar-refractivity contribution >= 4 is 23.7 Å². The molecule has 1 atom stereocenters. The number of hydrogen-bond acceptors (Lipinski definition) is 7. The number of hydrogen-bond donors (Lipinski definition) is 1. The topological polar surface area (TPSA) is 112 Å². The summed E-state index contributed by atoms with van der Waals surface area (Å²) in [7, 11) is 0. The minimum Gasteiger partial charge on any atom is -0.549 e. The number of carbonyl (C=O) groups is 2. The average Bonchev–Trinajstić information content (AvgIpc) is 2.42. The zero-order valence-electron chi connectivity index (χ0n) is 12.8. The molecule has 1 N–H and O–H groups in total. The van der Waals surface area contributed by atoms with Crippen molar-refractivity contribution in [2.24, 2.45) is 0 Å². The third-order valence-corrected chi connectivity index (χ3v) is 4.13. The van der Waals surface area contributed by atoms with E-state index in [0.717, 1.165) is 18.2 Å². The summed E-state index contributed by atoms with van der Waals surface area (Å²) in [5, 5.41) is 10.4. The Hall–Kier alpha value is -1.83. The Morgan fingerprint density at radius 2 is 2.09 bits per heavy atom. The summed E-state index contributed by atoms with van der Waals surface area (Å²) in [5.41, 5.74) is -0.247. The van der Waals surface area contributed by atoms with Crippen LogP contribution in [0.5, 0.6) is 0 Å². The second-order valence-corrected chi connectivity index (χ2v) is 5.83. The van der Waals surface area contributed by atoms with Crippen LogP contribution >= 0.6 is 11.8 Å². The number of thioether (sulfide) groups is 1. The van der Waals surface area contributed by atoms with Gasteiger partial charge in [-0.25, -0.2) is 9.59 Å². The number of carbonyl (C=O) groups excluding carboxylic acids is 2. The monoisotopic (exact) mass is 327 g/mol. The maximum Gasteiger partial charge on any atom is 0.346 e. The Bertz CT molecular complexity index is 599. The summed E-state index contributed by atoms with van der Waals surface area (Å²) in [5.74, 6) is -1.88. The van der Waals surface area contributed by atoms with Crippen molar-refractivity contribution in [2.75, 3.05) is 6.61 Å². The minimum atomic E-state index is -1.24. The summed E-state index contributed by atoms with van der Waals surface area (Å²) < 4.78 is 4.94. The minimum absolute atomic E-state index is 0.0602. The normalized spacial score (nSPS) is 12.0.